The molecular formula is C16H14N4O3. The van der Waals surface area contributed by atoms with Crippen LogP contribution in [-0.4, -0.2) is 22.0 Å². The Labute approximate surface area is 131 Å². The molecule has 3 rings (SSSR count). The first kappa shape index (κ1) is 14.7. The fourth-order valence-electron chi connectivity index (χ4n) is 2.25. The van der Waals surface area contributed by atoms with Crippen molar-refractivity contribution < 1.29 is 14.1 Å². The minimum atomic E-state index is -0.914. The van der Waals surface area contributed by atoms with Crippen LogP contribution in [0.25, 0.3) is 11.1 Å². The highest BCUT2D eigenvalue weighted by Crippen LogP contribution is 2.18. The van der Waals surface area contributed by atoms with Gasteiger partial charge in [-0.1, -0.05) is 35.5 Å². The Morgan fingerprint density at radius 2 is 2.00 bits per heavy atom. The smallest absolute Gasteiger partial charge is 0.257 e. The number of benzene rings is 1. The van der Waals surface area contributed by atoms with Crippen LogP contribution in [0.1, 0.15) is 27.7 Å². The molecule has 1 aromatic carbocycles. The van der Waals surface area contributed by atoms with Gasteiger partial charge in [-0.15, -0.1) is 0 Å². The lowest BCUT2D eigenvalue weighted by molar-refractivity contribution is -0.120. The van der Waals surface area contributed by atoms with Gasteiger partial charge in [0, 0.05) is 6.20 Å². The van der Waals surface area contributed by atoms with Crippen molar-refractivity contribution in [1.29, 1.82) is 0 Å². The number of aromatic nitrogens is 2. The molecule has 3 N–H and O–H groups in total. The van der Waals surface area contributed by atoms with E-state index >= 15 is 0 Å². The van der Waals surface area contributed by atoms with Gasteiger partial charge in [0.15, 0.2) is 0 Å². The summed E-state index contributed by atoms with van der Waals surface area (Å²) in [6, 6.07) is 9.50. The van der Waals surface area contributed by atoms with E-state index in [1.807, 2.05) is 6.07 Å². The number of nitrogens with zero attached hydrogens (tertiary/aromatic N) is 2. The third-order valence-electron chi connectivity index (χ3n) is 3.47. The average molecular weight is 310 g/mol. The lowest BCUT2D eigenvalue weighted by Crippen LogP contribution is -2.37. The van der Waals surface area contributed by atoms with E-state index in [0.29, 0.717) is 27.9 Å². The largest absolute Gasteiger partial charge is 0.368 e. The molecule has 0 aliphatic rings. The van der Waals surface area contributed by atoms with Crippen LogP contribution in [0.3, 0.4) is 0 Å². The van der Waals surface area contributed by atoms with Crippen molar-refractivity contribution in [3.63, 3.8) is 0 Å². The lowest BCUT2D eigenvalue weighted by atomic mass is 10.1. The maximum Gasteiger partial charge on any atom is 0.257 e. The molecule has 0 unspecified atom stereocenters. The number of rotatable bonds is 4. The number of pyridine rings is 1. The first-order chi connectivity index (χ1) is 11.1. The van der Waals surface area contributed by atoms with Crippen LogP contribution in [0.15, 0.2) is 47.1 Å². The van der Waals surface area contributed by atoms with Gasteiger partial charge in [-0.25, -0.2) is 4.98 Å². The van der Waals surface area contributed by atoms with E-state index in [0.717, 1.165) is 0 Å². The molecule has 0 radical (unpaired) electrons. The molecule has 0 saturated carbocycles. The Kier molecular flexibility index (Phi) is 3.76. The van der Waals surface area contributed by atoms with Gasteiger partial charge in [-0.05, 0) is 18.6 Å². The van der Waals surface area contributed by atoms with E-state index in [1.165, 1.54) is 6.20 Å². The summed E-state index contributed by atoms with van der Waals surface area (Å²) in [5.74, 6) is -1.09. The molecule has 2 amide bonds. The molecule has 23 heavy (non-hydrogen) atoms. The Morgan fingerprint density at radius 1 is 1.26 bits per heavy atom. The molecular weight excluding hydrogens is 296 g/mol. The van der Waals surface area contributed by atoms with Crippen molar-refractivity contribution in [3.05, 3.63) is 59.4 Å². The number of nitrogens with two attached hydrogens (primary N) is 1. The summed E-state index contributed by atoms with van der Waals surface area (Å²) >= 11 is 0. The maximum absolute atomic E-state index is 12.4. The molecule has 3 aromatic rings. The summed E-state index contributed by atoms with van der Waals surface area (Å²) in [4.78, 5) is 28.1. The number of primary amides is 1. The van der Waals surface area contributed by atoms with E-state index in [2.05, 4.69) is 15.5 Å². The van der Waals surface area contributed by atoms with Gasteiger partial charge < -0.3 is 15.6 Å². The summed E-state index contributed by atoms with van der Waals surface area (Å²) in [5, 5.41) is 7.06. The van der Waals surface area contributed by atoms with Crippen LogP contribution in [0.4, 0.5) is 0 Å². The number of hydrogen-bond acceptors (Lipinski definition) is 5. The van der Waals surface area contributed by atoms with E-state index in [-0.39, 0.29) is 0 Å². The number of aryl methyl sites for hydroxylation is 1. The number of carbonyl (C=O) groups is 2. The van der Waals surface area contributed by atoms with Gasteiger partial charge in [0.25, 0.3) is 11.6 Å². The Hall–Kier alpha value is -3.22. The quantitative estimate of drug-likeness (QED) is 0.758. The van der Waals surface area contributed by atoms with Crippen LogP contribution >= 0.6 is 0 Å². The number of amides is 2. The minimum absolute atomic E-state index is 0.297. The van der Waals surface area contributed by atoms with Crippen LogP contribution in [0.2, 0.25) is 0 Å². The van der Waals surface area contributed by atoms with Crippen molar-refractivity contribution >= 4 is 22.9 Å². The normalized spacial score (nSPS) is 12.0. The monoisotopic (exact) mass is 310 g/mol. The molecule has 0 saturated heterocycles. The number of fused-ring (bicyclic) bond motifs is 1. The van der Waals surface area contributed by atoms with Gasteiger partial charge >= 0.3 is 0 Å². The predicted molar refractivity (Wildman–Crippen MR) is 82.4 cm³/mol. The van der Waals surface area contributed by atoms with Crippen LogP contribution in [0, 0.1) is 6.92 Å². The molecule has 0 bridgehead atoms. The van der Waals surface area contributed by atoms with Gasteiger partial charge in [0.2, 0.25) is 5.91 Å². The molecule has 0 aliphatic heterocycles. The lowest BCUT2D eigenvalue weighted by Gasteiger charge is -2.15. The summed E-state index contributed by atoms with van der Waals surface area (Å²) in [7, 11) is 0. The van der Waals surface area contributed by atoms with E-state index in [4.69, 9.17) is 10.3 Å². The summed E-state index contributed by atoms with van der Waals surface area (Å²) < 4.78 is 5.01. The van der Waals surface area contributed by atoms with Crippen LogP contribution in [0.5, 0.6) is 0 Å². The van der Waals surface area contributed by atoms with E-state index in [1.54, 1.807) is 37.3 Å². The maximum atomic E-state index is 12.4. The standard InChI is InChI=1S/C16H14N4O3/c1-9-12-7-11(8-18-16(12)23-20-9)15(22)19-13(14(17)21)10-5-3-2-4-6-10/h2-8,13H,1H3,(H2,17,21)(H,19,22)/t13-/m0/s1. The van der Waals surface area contributed by atoms with Crippen molar-refractivity contribution in [3.8, 4) is 0 Å². The van der Waals surface area contributed by atoms with Crippen molar-refractivity contribution in [2.24, 2.45) is 5.73 Å². The third-order valence-corrected chi connectivity index (χ3v) is 3.47. The fraction of sp³-hybridized carbons (Fsp3) is 0.125. The molecule has 7 heteroatoms. The zero-order chi connectivity index (χ0) is 16.4. The summed E-state index contributed by atoms with van der Waals surface area (Å²) in [6.45, 7) is 1.76. The highest BCUT2D eigenvalue weighted by Gasteiger charge is 2.21. The zero-order valence-electron chi connectivity index (χ0n) is 12.3. The van der Waals surface area contributed by atoms with Gasteiger partial charge in [0.1, 0.15) is 6.04 Å². The topological polar surface area (TPSA) is 111 Å². The number of nitrogens with one attached hydrogen (secondary N) is 1. The summed E-state index contributed by atoms with van der Waals surface area (Å²) in [5.41, 5.74) is 7.30. The van der Waals surface area contributed by atoms with Gasteiger partial charge in [-0.2, -0.15) is 0 Å². The minimum Gasteiger partial charge on any atom is -0.368 e. The summed E-state index contributed by atoms with van der Waals surface area (Å²) in [6.07, 6.45) is 1.37. The third kappa shape index (κ3) is 2.89. The fourth-order valence-corrected chi connectivity index (χ4v) is 2.25. The molecule has 0 fully saturated rings. The SMILES string of the molecule is Cc1noc2ncc(C(=O)N[C@H](C(N)=O)c3ccccc3)cc12. The highest BCUT2D eigenvalue weighted by molar-refractivity contribution is 5.99. The molecule has 2 aromatic heterocycles. The van der Waals surface area contributed by atoms with Crippen LogP contribution < -0.4 is 11.1 Å². The molecule has 0 aliphatic carbocycles. The first-order valence-corrected chi connectivity index (χ1v) is 6.93. The Balaban J connectivity index is 1.88. The van der Waals surface area contributed by atoms with E-state index in [9.17, 15) is 9.59 Å². The Bertz CT molecular complexity index is 873. The van der Waals surface area contributed by atoms with Gasteiger partial charge in [-0.3, -0.25) is 9.59 Å². The van der Waals surface area contributed by atoms with Crippen molar-refractivity contribution in [1.82, 2.24) is 15.5 Å². The number of hydrogen-bond donors (Lipinski definition) is 2. The predicted octanol–water partition coefficient (Wildman–Crippen LogP) is 1.49. The van der Waals surface area contributed by atoms with Crippen molar-refractivity contribution in [2.45, 2.75) is 13.0 Å². The number of carbonyl (C=O) groups excluding carboxylic acids is 2. The van der Waals surface area contributed by atoms with E-state index < -0.39 is 17.9 Å². The second kappa shape index (κ2) is 5.88. The zero-order valence-corrected chi connectivity index (χ0v) is 12.3. The molecule has 2 heterocycles. The molecule has 7 nitrogen and oxygen atoms in total. The van der Waals surface area contributed by atoms with Crippen LogP contribution in [-0.2, 0) is 4.79 Å². The highest BCUT2D eigenvalue weighted by atomic mass is 16.5. The second-order valence-electron chi connectivity index (χ2n) is 5.06. The first-order valence-electron chi connectivity index (χ1n) is 6.93. The molecule has 1 atom stereocenters. The van der Waals surface area contributed by atoms with Gasteiger partial charge in [0.05, 0.1) is 16.6 Å². The average Bonchev–Trinajstić information content (AvgIpc) is 2.93. The second-order valence-corrected chi connectivity index (χ2v) is 5.06. The molecule has 0 spiro atoms. The van der Waals surface area contributed by atoms with Crippen molar-refractivity contribution in [2.75, 3.05) is 0 Å². The Morgan fingerprint density at radius 3 is 2.70 bits per heavy atom. The molecule has 116 valence electrons.